The Labute approximate surface area is 145 Å². The van der Waals surface area contributed by atoms with Crippen LogP contribution in [0.4, 0.5) is 0 Å². The molecule has 2 aromatic rings. The first kappa shape index (κ1) is 18.8. The molecule has 1 aliphatic heterocycles. The number of nitrogens with zero attached hydrogens (tertiary/aromatic N) is 3. The Kier molecular flexibility index (Phi) is 7.22. The van der Waals surface area contributed by atoms with Crippen LogP contribution in [0.1, 0.15) is 22.5 Å². The molecule has 1 fully saturated rings. The summed E-state index contributed by atoms with van der Waals surface area (Å²) in [6.45, 7) is 1.31. The highest BCUT2D eigenvalue weighted by molar-refractivity contribution is 7.16. The monoisotopic (exact) mass is 360 g/mol. The molecule has 3 heterocycles. The van der Waals surface area contributed by atoms with Gasteiger partial charge in [0.15, 0.2) is 0 Å². The number of thiazole rings is 1. The second-order valence-corrected chi connectivity index (χ2v) is 5.81. The van der Waals surface area contributed by atoms with E-state index in [1.807, 2.05) is 23.1 Å². The molecule has 5 nitrogen and oxygen atoms in total. The summed E-state index contributed by atoms with van der Waals surface area (Å²) in [5.74, 6) is 0.0395. The van der Waals surface area contributed by atoms with Crippen molar-refractivity contribution < 1.29 is 4.79 Å². The number of carbonyl (C=O) groups is 1. The van der Waals surface area contributed by atoms with Gasteiger partial charge < -0.3 is 10.6 Å². The van der Waals surface area contributed by atoms with Crippen molar-refractivity contribution in [2.45, 2.75) is 18.9 Å². The fourth-order valence-corrected chi connectivity index (χ4v) is 3.32. The molecule has 1 unspecified atom stereocenters. The normalized spacial score (nSPS) is 16.8. The molecule has 2 N–H and O–H groups in total. The van der Waals surface area contributed by atoms with Gasteiger partial charge in [0.1, 0.15) is 9.88 Å². The summed E-state index contributed by atoms with van der Waals surface area (Å²) in [6.07, 6.45) is 5.39. The summed E-state index contributed by atoms with van der Waals surface area (Å²) in [7, 11) is 0. The third kappa shape index (κ3) is 3.76. The lowest BCUT2D eigenvalue weighted by molar-refractivity contribution is 0.0746. The summed E-state index contributed by atoms with van der Waals surface area (Å²) < 4.78 is 0. The number of hydrogen-bond acceptors (Lipinski definition) is 5. The molecule has 0 spiro atoms. The van der Waals surface area contributed by atoms with Crippen LogP contribution in [-0.4, -0.2) is 39.9 Å². The van der Waals surface area contributed by atoms with Crippen LogP contribution in [0.3, 0.4) is 0 Å². The van der Waals surface area contributed by atoms with Crippen molar-refractivity contribution in [3.63, 3.8) is 0 Å². The van der Waals surface area contributed by atoms with Crippen LogP contribution < -0.4 is 5.73 Å². The molecule has 1 saturated heterocycles. The molecular formula is C14H18Cl2N4OS. The highest BCUT2D eigenvalue weighted by Crippen LogP contribution is 2.26. The molecule has 120 valence electrons. The van der Waals surface area contributed by atoms with Crippen LogP contribution in [0.25, 0.3) is 10.7 Å². The molecule has 0 bridgehead atoms. The van der Waals surface area contributed by atoms with Gasteiger partial charge in [-0.05, 0) is 25.0 Å². The molecule has 22 heavy (non-hydrogen) atoms. The fraction of sp³-hybridized carbons (Fsp3) is 0.357. The maximum atomic E-state index is 12.5. The highest BCUT2D eigenvalue weighted by atomic mass is 35.5. The largest absolute Gasteiger partial charge is 0.334 e. The number of rotatable bonds is 3. The lowest BCUT2D eigenvalue weighted by atomic mass is 10.2. The van der Waals surface area contributed by atoms with Gasteiger partial charge in [-0.3, -0.25) is 9.78 Å². The van der Waals surface area contributed by atoms with Gasteiger partial charge >= 0.3 is 0 Å². The van der Waals surface area contributed by atoms with E-state index in [-0.39, 0.29) is 36.8 Å². The van der Waals surface area contributed by atoms with Crippen molar-refractivity contribution in [1.82, 2.24) is 14.9 Å². The Bertz CT molecular complexity index is 608. The molecule has 1 atom stereocenters. The van der Waals surface area contributed by atoms with Crippen molar-refractivity contribution in [1.29, 1.82) is 0 Å². The van der Waals surface area contributed by atoms with Gasteiger partial charge in [0.2, 0.25) is 0 Å². The van der Waals surface area contributed by atoms with E-state index in [0.29, 0.717) is 11.4 Å². The van der Waals surface area contributed by atoms with E-state index in [0.717, 1.165) is 30.1 Å². The zero-order valence-corrected chi connectivity index (χ0v) is 14.3. The Hall–Kier alpha value is -1.21. The quantitative estimate of drug-likeness (QED) is 0.912. The standard InChI is InChI=1S/C14H16N4OS.2ClH/c15-8-10-4-3-7-18(10)14(19)12-9-17-13(20-12)11-5-1-2-6-16-11;;/h1-2,5-6,9-10H,3-4,7-8,15H2;2*1H. The minimum Gasteiger partial charge on any atom is -0.334 e. The van der Waals surface area contributed by atoms with Crippen molar-refractivity contribution >= 4 is 42.1 Å². The zero-order valence-electron chi connectivity index (χ0n) is 11.8. The first-order chi connectivity index (χ1) is 9.79. The summed E-state index contributed by atoms with van der Waals surface area (Å²) in [5.41, 5.74) is 6.52. The summed E-state index contributed by atoms with van der Waals surface area (Å²) >= 11 is 1.39. The summed E-state index contributed by atoms with van der Waals surface area (Å²) in [5, 5.41) is 0.775. The average molecular weight is 361 g/mol. The Morgan fingerprint density at radius 2 is 2.18 bits per heavy atom. The molecule has 8 heteroatoms. The summed E-state index contributed by atoms with van der Waals surface area (Å²) in [6, 6.07) is 5.84. The van der Waals surface area contributed by atoms with Crippen LogP contribution >= 0.6 is 36.2 Å². The molecule has 0 aliphatic carbocycles. The molecule has 0 radical (unpaired) electrons. The fourth-order valence-electron chi connectivity index (χ4n) is 2.47. The molecular weight excluding hydrogens is 343 g/mol. The molecule has 0 aromatic carbocycles. The highest BCUT2D eigenvalue weighted by Gasteiger charge is 2.29. The minimum absolute atomic E-state index is 0. The number of halogens is 2. The van der Waals surface area contributed by atoms with Gasteiger partial charge in [-0.1, -0.05) is 6.07 Å². The number of amides is 1. The van der Waals surface area contributed by atoms with Gasteiger partial charge in [-0.15, -0.1) is 36.2 Å². The van der Waals surface area contributed by atoms with E-state index in [1.54, 1.807) is 12.4 Å². The Morgan fingerprint density at radius 1 is 1.36 bits per heavy atom. The van der Waals surface area contributed by atoms with E-state index < -0.39 is 0 Å². The van der Waals surface area contributed by atoms with E-state index in [4.69, 9.17) is 5.73 Å². The molecule has 2 aromatic heterocycles. The predicted molar refractivity (Wildman–Crippen MR) is 93.0 cm³/mol. The van der Waals surface area contributed by atoms with Gasteiger partial charge in [0.05, 0.1) is 11.9 Å². The Morgan fingerprint density at radius 3 is 2.86 bits per heavy atom. The first-order valence-electron chi connectivity index (χ1n) is 6.68. The number of hydrogen-bond donors (Lipinski definition) is 1. The van der Waals surface area contributed by atoms with Crippen molar-refractivity contribution in [2.24, 2.45) is 5.73 Å². The smallest absolute Gasteiger partial charge is 0.265 e. The second-order valence-electron chi connectivity index (χ2n) is 4.77. The maximum absolute atomic E-state index is 12.5. The van der Waals surface area contributed by atoms with Crippen LogP contribution in [0.5, 0.6) is 0 Å². The van der Waals surface area contributed by atoms with Gasteiger partial charge in [0.25, 0.3) is 5.91 Å². The molecule has 0 saturated carbocycles. The van der Waals surface area contributed by atoms with Crippen LogP contribution in [-0.2, 0) is 0 Å². The van der Waals surface area contributed by atoms with E-state index in [9.17, 15) is 4.79 Å². The van der Waals surface area contributed by atoms with E-state index in [1.165, 1.54) is 11.3 Å². The van der Waals surface area contributed by atoms with Gasteiger partial charge in [-0.25, -0.2) is 4.98 Å². The molecule has 3 rings (SSSR count). The molecule has 1 amide bonds. The number of likely N-dealkylation sites (tertiary alicyclic amines) is 1. The van der Waals surface area contributed by atoms with Crippen LogP contribution in [0.15, 0.2) is 30.6 Å². The van der Waals surface area contributed by atoms with Gasteiger partial charge in [-0.2, -0.15) is 0 Å². The van der Waals surface area contributed by atoms with Crippen molar-refractivity contribution in [3.8, 4) is 10.7 Å². The SMILES string of the molecule is Cl.Cl.NCC1CCCN1C(=O)c1cnc(-c2ccccn2)s1. The minimum atomic E-state index is 0. The van der Waals surface area contributed by atoms with Crippen LogP contribution in [0.2, 0.25) is 0 Å². The lowest BCUT2D eigenvalue weighted by Crippen LogP contribution is -2.39. The van der Waals surface area contributed by atoms with E-state index in [2.05, 4.69) is 9.97 Å². The van der Waals surface area contributed by atoms with E-state index >= 15 is 0 Å². The average Bonchev–Trinajstić information content (AvgIpc) is 3.16. The third-order valence-corrected chi connectivity index (χ3v) is 4.52. The first-order valence-corrected chi connectivity index (χ1v) is 7.49. The van der Waals surface area contributed by atoms with Crippen molar-refractivity contribution in [3.05, 3.63) is 35.5 Å². The second kappa shape index (κ2) is 8.43. The third-order valence-electron chi connectivity index (χ3n) is 3.51. The summed E-state index contributed by atoms with van der Waals surface area (Å²) in [4.78, 5) is 23.6. The van der Waals surface area contributed by atoms with Crippen LogP contribution in [0, 0.1) is 0 Å². The molecule has 1 aliphatic rings. The lowest BCUT2D eigenvalue weighted by Gasteiger charge is -2.22. The zero-order chi connectivity index (χ0) is 13.9. The number of nitrogens with two attached hydrogens (primary N) is 1. The van der Waals surface area contributed by atoms with Gasteiger partial charge in [0, 0.05) is 25.3 Å². The maximum Gasteiger partial charge on any atom is 0.265 e. The predicted octanol–water partition coefficient (Wildman–Crippen LogP) is 2.61. The van der Waals surface area contributed by atoms with Crippen molar-refractivity contribution in [2.75, 3.05) is 13.1 Å². The topological polar surface area (TPSA) is 72.1 Å². The number of pyridine rings is 1. The number of carbonyl (C=O) groups excluding carboxylic acids is 1. The Balaban J connectivity index is 0.00000121. The number of aromatic nitrogens is 2.